The monoisotopic (exact) mass is 431 g/mol. The van der Waals surface area contributed by atoms with Gasteiger partial charge < -0.3 is 20.4 Å². The highest BCUT2D eigenvalue weighted by molar-refractivity contribution is 7.15. The van der Waals surface area contributed by atoms with Crippen molar-refractivity contribution in [2.75, 3.05) is 39.8 Å². The molecule has 1 aromatic carbocycles. The number of aliphatic hydroxyl groups is 2. The van der Waals surface area contributed by atoms with Gasteiger partial charge in [-0.2, -0.15) is 0 Å². The molecule has 2 heterocycles. The van der Waals surface area contributed by atoms with Crippen LogP contribution < -0.4 is 5.32 Å². The fraction of sp³-hybridized carbons (Fsp3) is 0.455. The van der Waals surface area contributed by atoms with E-state index in [4.69, 9.17) is 5.11 Å². The van der Waals surface area contributed by atoms with Crippen molar-refractivity contribution in [3.05, 3.63) is 46.8 Å². The standard InChI is InChI=1S/C22H29N3O4S/c1-15(27)21(19(28)14-26)23-22(29)17-5-3-16(4-6-17)20-8-7-18(30-20)13-25-11-9-24(2)10-12-25/h3-8,15,21,26-27H,9-14H2,1-2H3,(H,23,29)/t15-,21+/m1/s1. The Bertz CT molecular complexity index is 858. The first kappa shape index (κ1) is 22.6. The molecule has 0 radical (unpaired) electrons. The van der Waals surface area contributed by atoms with E-state index in [2.05, 4.69) is 34.3 Å². The second kappa shape index (κ2) is 10.3. The summed E-state index contributed by atoms with van der Waals surface area (Å²) in [6.45, 7) is 5.99. The molecule has 0 bridgehead atoms. The highest BCUT2D eigenvalue weighted by atomic mass is 32.1. The topological polar surface area (TPSA) is 93.1 Å². The van der Waals surface area contributed by atoms with E-state index in [-0.39, 0.29) is 0 Å². The van der Waals surface area contributed by atoms with Crippen molar-refractivity contribution in [1.82, 2.24) is 15.1 Å². The minimum Gasteiger partial charge on any atom is -0.391 e. The summed E-state index contributed by atoms with van der Waals surface area (Å²) in [6, 6.07) is 10.3. The largest absolute Gasteiger partial charge is 0.391 e. The van der Waals surface area contributed by atoms with E-state index in [9.17, 15) is 14.7 Å². The SMILES string of the molecule is C[C@@H](O)[C@H](NC(=O)c1ccc(-c2ccc(CN3CCN(C)CC3)s2)cc1)C(=O)CO. The van der Waals surface area contributed by atoms with Crippen LogP contribution in [0.25, 0.3) is 10.4 Å². The molecule has 0 saturated carbocycles. The van der Waals surface area contributed by atoms with Crippen LogP contribution in [0.1, 0.15) is 22.2 Å². The minimum absolute atomic E-state index is 0.393. The number of amides is 1. The van der Waals surface area contributed by atoms with E-state index >= 15 is 0 Å². The number of likely N-dealkylation sites (N-methyl/N-ethyl adjacent to an activating group) is 1. The Balaban J connectivity index is 1.62. The molecular formula is C22H29N3O4S. The van der Waals surface area contributed by atoms with Crippen LogP contribution in [-0.4, -0.2) is 83.7 Å². The molecule has 7 nitrogen and oxygen atoms in total. The zero-order valence-corrected chi connectivity index (χ0v) is 18.2. The smallest absolute Gasteiger partial charge is 0.251 e. The average molecular weight is 432 g/mol. The summed E-state index contributed by atoms with van der Waals surface area (Å²) >= 11 is 1.75. The second-order valence-electron chi connectivity index (χ2n) is 7.74. The summed E-state index contributed by atoms with van der Waals surface area (Å²) in [4.78, 5) is 31.4. The minimum atomic E-state index is -1.13. The van der Waals surface area contributed by atoms with E-state index in [0.717, 1.165) is 43.2 Å². The zero-order valence-electron chi connectivity index (χ0n) is 17.4. The van der Waals surface area contributed by atoms with E-state index < -0.39 is 30.4 Å². The number of Topliss-reactive ketones (excluding diaryl/α,β-unsaturated/α-hetero) is 1. The number of hydrogen-bond donors (Lipinski definition) is 3. The molecule has 2 atom stereocenters. The summed E-state index contributed by atoms with van der Waals surface area (Å²) in [5.41, 5.74) is 1.42. The van der Waals surface area contributed by atoms with Gasteiger partial charge in [0.2, 0.25) is 0 Å². The maximum atomic E-state index is 12.4. The van der Waals surface area contributed by atoms with Gasteiger partial charge in [-0.15, -0.1) is 11.3 Å². The van der Waals surface area contributed by atoms with Crippen molar-refractivity contribution in [3.8, 4) is 10.4 Å². The van der Waals surface area contributed by atoms with E-state index in [1.54, 1.807) is 23.5 Å². The number of ketones is 1. The molecule has 1 fully saturated rings. The molecule has 2 aromatic rings. The molecule has 0 aliphatic carbocycles. The van der Waals surface area contributed by atoms with Crippen LogP contribution in [0, 0.1) is 0 Å². The van der Waals surface area contributed by atoms with Gasteiger partial charge in [-0.3, -0.25) is 14.5 Å². The summed E-state index contributed by atoms with van der Waals surface area (Å²) < 4.78 is 0. The fourth-order valence-electron chi connectivity index (χ4n) is 3.42. The summed E-state index contributed by atoms with van der Waals surface area (Å²) in [5.74, 6) is -1.09. The average Bonchev–Trinajstić information content (AvgIpc) is 3.21. The lowest BCUT2D eigenvalue weighted by molar-refractivity contribution is -0.125. The molecule has 1 aromatic heterocycles. The number of hydrogen-bond acceptors (Lipinski definition) is 7. The molecule has 1 aliphatic heterocycles. The van der Waals surface area contributed by atoms with Crippen molar-refractivity contribution in [3.63, 3.8) is 0 Å². The van der Waals surface area contributed by atoms with Gasteiger partial charge >= 0.3 is 0 Å². The first-order valence-electron chi connectivity index (χ1n) is 10.1. The van der Waals surface area contributed by atoms with Crippen molar-refractivity contribution in [2.45, 2.75) is 25.6 Å². The molecular weight excluding hydrogens is 402 g/mol. The quantitative estimate of drug-likeness (QED) is 0.582. The van der Waals surface area contributed by atoms with Gasteiger partial charge in [0.25, 0.3) is 5.91 Å². The predicted octanol–water partition coefficient (Wildman–Crippen LogP) is 1.20. The van der Waals surface area contributed by atoms with Gasteiger partial charge in [0.15, 0.2) is 5.78 Å². The van der Waals surface area contributed by atoms with Gasteiger partial charge in [0, 0.05) is 48.0 Å². The number of thiophene rings is 1. The van der Waals surface area contributed by atoms with Gasteiger partial charge in [-0.1, -0.05) is 12.1 Å². The van der Waals surface area contributed by atoms with E-state index in [0.29, 0.717) is 5.56 Å². The molecule has 0 unspecified atom stereocenters. The molecule has 1 amide bonds. The fourth-order valence-corrected chi connectivity index (χ4v) is 4.48. The predicted molar refractivity (Wildman–Crippen MR) is 118 cm³/mol. The van der Waals surface area contributed by atoms with Crippen molar-refractivity contribution >= 4 is 23.0 Å². The number of nitrogens with zero attached hydrogens (tertiary/aromatic N) is 2. The van der Waals surface area contributed by atoms with E-state index in [1.807, 2.05) is 12.1 Å². The van der Waals surface area contributed by atoms with Crippen molar-refractivity contribution < 1.29 is 19.8 Å². The van der Waals surface area contributed by atoms with Crippen LogP contribution in [0.5, 0.6) is 0 Å². The van der Waals surface area contributed by atoms with Gasteiger partial charge in [0.05, 0.1) is 6.10 Å². The third-order valence-electron chi connectivity index (χ3n) is 5.34. The number of nitrogens with one attached hydrogen (secondary N) is 1. The van der Waals surface area contributed by atoms with Gasteiger partial charge in [-0.25, -0.2) is 0 Å². The van der Waals surface area contributed by atoms with Crippen LogP contribution in [-0.2, 0) is 11.3 Å². The Kier molecular flexibility index (Phi) is 7.74. The molecule has 30 heavy (non-hydrogen) atoms. The van der Waals surface area contributed by atoms with Crippen LogP contribution in [0.4, 0.5) is 0 Å². The Morgan fingerprint density at radius 3 is 2.37 bits per heavy atom. The summed E-state index contributed by atoms with van der Waals surface area (Å²) in [6.07, 6.45) is -1.09. The lowest BCUT2D eigenvalue weighted by Crippen LogP contribution is -2.48. The lowest BCUT2D eigenvalue weighted by atomic mass is 10.1. The second-order valence-corrected chi connectivity index (χ2v) is 8.91. The molecule has 3 N–H and O–H groups in total. The molecule has 162 valence electrons. The highest BCUT2D eigenvalue weighted by Gasteiger charge is 2.25. The maximum Gasteiger partial charge on any atom is 0.251 e. The number of aliphatic hydroxyl groups excluding tert-OH is 2. The van der Waals surface area contributed by atoms with Gasteiger partial charge in [0.1, 0.15) is 12.6 Å². The lowest BCUT2D eigenvalue weighted by Gasteiger charge is -2.31. The summed E-state index contributed by atoms with van der Waals surface area (Å²) in [5, 5.41) is 21.2. The van der Waals surface area contributed by atoms with Crippen LogP contribution in [0.2, 0.25) is 0 Å². The first-order chi connectivity index (χ1) is 14.4. The number of piperazine rings is 1. The Morgan fingerprint density at radius 1 is 1.10 bits per heavy atom. The first-order valence-corrected chi connectivity index (χ1v) is 10.9. The van der Waals surface area contributed by atoms with Crippen molar-refractivity contribution in [1.29, 1.82) is 0 Å². The maximum absolute atomic E-state index is 12.4. The zero-order chi connectivity index (χ0) is 21.7. The molecule has 1 aliphatic rings. The van der Waals surface area contributed by atoms with E-state index in [1.165, 1.54) is 11.8 Å². The number of carbonyl (C=O) groups excluding carboxylic acids is 2. The number of rotatable bonds is 8. The molecule has 1 saturated heterocycles. The Morgan fingerprint density at radius 2 is 1.77 bits per heavy atom. The molecule has 8 heteroatoms. The Labute approximate surface area is 180 Å². The molecule has 0 spiro atoms. The van der Waals surface area contributed by atoms with Crippen LogP contribution in [0.15, 0.2) is 36.4 Å². The highest BCUT2D eigenvalue weighted by Crippen LogP contribution is 2.29. The number of benzene rings is 1. The number of carbonyl (C=O) groups is 2. The van der Waals surface area contributed by atoms with Gasteiger partial charge in [-0.05, 0) is 43.8 Å². The molecule has 3 rings (SSSR count). The summed E-state index contributed by atoms with van der Waals surface area (Å²) in [7, 11) is 2.15. The normalized spacial score (nSPS) is 17.5. The van der Waals surface area contributed by atoms with Crippen LogP contribution >= 0.6 is 11.3 Å². The third kappa shape index (κ3) is 5.74. The van der Waals surface area contributed by atoms with Crippen molar-refractivity contribution in [2.24, 2.45) is 0 Å². The third-order valence-corrected chi connectivity index (χ3v) is 6.46. The van der Waals surface area contributed by atoms with Crippen LogP contribution in [0.3, 0.4) is 0 Å². The Hall–Kier alpha value is -2.10.